The second-order valence-electron chi connectivity index (χ2n) is 7.03. The molecule has 2 fully saturated rings. The van der Waals surface area contributed by atoms with Crippen molar-refractivity contribution in [1.29, 1.82) is 0 Å². The molecule has 1 saturated carbocycles. The van der Waals surface area contributed by atoms with Crippen molar-refractivity contribution >= 4 is 28.3 Å². The molecule has 2 aromatic carbocycles. The Kier molecular flexibility index (Phi) is 3.35. The van der Waals surface area contributed by atoms with Gasteiger partial charge < -0.3 is 10.0 Å². The largest absolute Gasteiger partial charge is 0.507 e. The van der Waals surface area contributed by atoms with Gasteiger partial charge in [-0.2, -0.15) is 0 Å². The van der Waals surface area contributed by atoms with Gasteiger partial charge in [-0.1, -0.05) is 23.7 Å². The van der Waals surface area contributed by atoms with Gasteiger partial charge in [-0.3, -0.25) is 0 Å². The van der Waals surface area contributed by atoms with Gasteiger partial charge in [0, 0.05) is 23.0 Å². The lowest BCUT2D eigenvalue weighted by molar-refractivity contribution is 0.477. The summed E-state index contributed by atoms with van der Waals surface area (Å²) in [6.45, 7) is 1.06. The lowest BCUT2D eigenvalue weighted by Gasteiger charge is -2.29. The number of fused-ring (bicyclic) bond motifs is 3. The highest BCUT2D eigenvalue weighted by molar-refractivity contribution is 6.31. The maximum Gasteiger partial charge on any atom is 0.165 e. The van der Waals surface area contributed by atoms with E-state index in [2.05, 4.69) is 9.88 Å². The zero-order valence-electron chi connectivity index (χ0n) is 13.7. The Morgan fingerprint density at radius 2 is 1.96 bits per heavy atom. The SMILES string of the molecule is Oc1ccccc1-c1nc(N2CC3CCC2C3)c2ccc(Cl)cc2n1. The number of nitrogens with zero attached hydrogens (tertiary/aromatic N) is 3. The Labute approximate surface area is 151 Å². The van der Waals surface area contributed by atoms with E-state index in [4.69, 9.17) is 16.6 Å². The van der Waals surface area contributed by atoms with E-state index in [1.54, 1.807) is 12.1 Å². The van der Waals surface area contributed by atoms with E-state index in [1.807, 2.05) is 30.3 Å². The molecule has 2 unspecified atom stereocenters. The first kappa shape index (κ1) is 15.0. The van der Waals surface area contributed by atoms with Crippen molar-refractivity contribution in [1.82, 2.24) is 9.97 Å². The summed E-state index contributed by atoms with van der Waals surface area (Å²) in [7, 11) is 0. The molecule has 2 aliphatic rings. The zero-order chi connectivity index (χ0) is 17.0. The van der Waals surface area contributed by atoms with E-state index >= 15 is 0 Å². The van der Waals surface area contributed by atoms with Crippen LogP contribution in [0.5, 0.6) is 5.75 Å². The van der Waals surface area contributed by atoms with Crippen molar-refractivity contribution in [3.8, 4) is 17.1 Å². The van der Waals surface area contributed by atoms with Gasteiger partial charge >= 0.3 is 0 Å². The minimum atomic E-state index is 0.192. The third-order valence-corrected chi connectivity index (χ3v) is 5.70. The zero-order valence-corrected chi connectivity index (χ0v) is 14.4. The van der Waals surface area contributed by atoms with Crippen LogP contribution in [0.25, 0.3) is 22.3 Å². The van der Waals surface area contributed by atoms with Crippen LogP contribution >= 0.6 is 11.6 Å². The minimum Gasteiger partial charge on any atom is -0.507 e. The first-order valence-corrected chi connectivity index (χ1v) is 9.09. The quantitative estimate of drug-likeness (QED) is 0.730. The Balaban J connectivity index is 1.73. The molecule has 5 heteroatoms. The van der Waals surface area contributed by atoms with Crippen molar-refractivity contribution in [2.75, 3.05) is 11.4 Å². The van der Waals surface area contributed by atoms with Crippen molar-refractivity contribution in [3.05, 3.63) is 47.5 Å². The van der Waals surface area contributed by atoms with Crippen LogP contribution in [0, 0.1) is 5.92 Å². The molecule has 1 aromatic heterocycles. The van der Waals surface area contributed by atoms with E-state index in [1.165, 1.54) is 19.3 Å². The molecular weight excluding hydrogens is 334 g/mol. The number of halogens is 1. The highest BCUT2D eigenvalue weighted by Crippen LogP contribution is 2.42. The molecule has 2 heterocycles. The van der Waals surface area contributed by atoms with Crippen LogP contribution in [0.4, 0.5) is 5.82 Å². The van der Waals surface area contributed by atoms with E-state index < -0.39 is 0 Å². The molecule has 5 rings (SSSR count). The summed E-state index contributed by atoms with van der Waals surface area (Å²) in [4.78, 5) is 12.0. The molecule has 25 heavy (non-hydrogen) atoms. The first-order chi connectivity index (χ1) is 12.2. The highest BCUT2D eigenvalue weighted by Gasteiger charge is 2.39. The van der Waals surface area contributed by atoms with Gasteiger partial charge in [0.2, 0.25) is 0 Å². The number of phenols is 1. The molecular formula is C20H18ClN3O. The molecule has 3 aromatic rings. The summed E-state index contributed by atoms with van der Waals surface area (Å²) < 4.78 is 0. The van der Waals surface area contributed by atoms with Crippen molar-refractivity contribution in [2.45, 2.75) is 25.3 Å². The number of aromatic hydroxyl groups is 1. The summed E-state index contributed by atoms with van der Waals surface area (Å²) in [5, 5.41) is 11.9. The lowest BCUT2D eigenvalue weighted by atomic mass is 10.1. The molecule has 0 amide bonds. The Morgan fingerprint density at radius 3 is 2.72 bits per heavy atom. The minimum absolute atomic E-state index is 0.192. The van der Waals surface area contributed by atoms with Crippen LogP contribution in [-0.2, 0) is 0 Å². The van der Waals surface area contributed by atoms with Crippen LogP contribution in [0.2, 0.25) is 5.02 Å². The van der Waals surface area contributed by atoms with Gasteiger partial charge in [-0.25, -0.2) is 9.97 Å². The Morgan fingerprint density at radius 1 is 1.08 bits per heavy atom. The molecule has 0 spiro atoms. The summed E-state index contributed by atoms with van der Waals surface area (Å²) in [6.07, 6.45) is 3.81. The standard InChI is InChI=1S/C20H18ClN3O/c21-13-6-8-15-17(10-13)22-19(16-3-1-2-4-18(16)25)23-20(15)24-11-12-5-7-14(24)9-12/h1-4,6,8,10,12,14,25H,5,7,9,11H2. The van der Waals surface area contributed by atoms with Crippen LogP contribution < -0.4 is 4.90 Å². The summed E-state index contributed by atoms with van der Waals surface area (Å²) in [5.74, 6) is 2.48. The molecule has 4 nitrogen and oxygen atoms in total. The van der Waals surface area contributed by atoms with Gasteiger partial charge in [0.05, 0.1) is 11.1 Å². The number of rotatable bonds is 2. The normalized spacial score (nSPS) is 22.0. The maximum atomic E-state index is 10.2. The van der Waals surface area contributed by atoms with Crippen LogP contribution in [0.15, 0.2) is 42.5 Å². The van der Waals surface area contributed by atoms with E-state index in [9.17, 15) is 5.11 Å². The smallest absolute Gasteiger partial charge is 0.165 e. The van der Waals surface area contributed by atoms with Crippen molar-refractivity contribution in [2.24, 2.45) is 5.92 Å². The highest BCUT2D eigenvalue weighted by atomic mass is 35.5. The number of benzene rings is 2. The third-order valence-electron chi connectivity index (χ3n) is 5.47. The van der Waals surface area contributed by atoms with Crippen LogP contribution in [-0.4, -0.2) is 27.7 Å². The number of hydrogen-bond acceptors (Lipinski definition) is 4. The second kappa shape index (κ2) is 5.60. The van der Waals surface area contributed by atoms with E-state index in [0.717, 1.165) is 29.2 Å². The monoisotopic (exact) mass is 351 g/mol. The number of aromatic nitrogens is 2. The van der Waals surface area contributed by atoms with Gasteiger partial charge in [0.1, 0.15) is 11.6 Å². The molecule has 1 aliphatic carbocycles. The predicted octanol–water partition coefficient (Wildman–Crippen LogP) is 4.64. The van der Waals surface area contributed by atoms with Crippen LogP contribution in [0.1, 0.15) is 19.3 Å². The predicted molar refractivity (Wildman–Crippen MR) is 100 cm³/mol. The van der Waals surface area contributed by atoms with Gasteiger partial charge in [-0.15, -0.1) is 0 Å². The molecule has 2 atom stereocenters. The molecule has 1 saturated heterocycles. The molecule has 126 valence electrons. The average molecular weight is 352 g/mol. The summed E-state index contributed by atoms with van der Waals surface area (Å²) >= 11 is 6.20. The van der Waals surface area contributed by atoms with Crippen molar-refractivity contribution < 1.29 is 5.11 Å². The van der Waals surface area contributed by atoms with E-state index in [-0.39, 0.29) is 5.75 Å². The topological polar surface area (TPSA) is 49.3 Å². The molecule has 0 radical (unpaired) electrons. The fourth-order valence-electron chi connectivity index (χ4n) is 4.27. The number of piperidine rings is 1. The van der Waals surface area contributed by atoms with Crippen molar-refractivity contribution in [3.63, 3.8) is 0 Å². The van der Waals surface area contributed by atoms with Crippen LogP contribution in [0.3, 0.4) is 0 Å². The summed E-state index contributed by atoms with van der Waals surface area (Å²) in [5.41, 5.74) is 1.47. The third kappa shape index (κ3) is 2.44. The first-order valence-electron chi connectivity index (χ1n) is 8.71. The second-order valence-corrected chi connectivity index (χ2v) is 7.47. The summed E-state index contributed by atoms with van der Waals surface area (Å²) in [6, 6.07) is 13.5. The van der Waals surface area contributed by atoms with E-state index in [0.29, 0.717) is 22.5 Å². The Hall–Kier alpha value is -2.33. The molecule has 1 aliphatic heterocycles. The lowest BCUT2D eigenvalue weighted by Crippen LogP contribution is -2.32. The fraction of sp³-hybridized carbons (Fsp3) is 0.300. The number of phenolic OH excluding ortho intramolecular Hbond substituents is 1. The number of hydrogen-bond donors (Lipinski definition) is 1. The fourth-order valence-corrected chi connectivity index (χ4v) is 4.44. The van der Waals surface area contributed by atoms with Gasteiger partial charge in [-0.05, 0) is 55.5 Å². The maximum absolute atomic E-state index is 10.2. The Bertz CT molecular complexity index is 974. The average Bonchev–Trinajstić information content (AvgIpc) is 3.24. The molecule has 1 N–H and O–H groups in total. The number of para-hydroxylation sites is 1. The number of anilines is 1. The molecule has 2 bridgehead atoms. The van der Waals surface area contributed by atoms with Gasteiger partial charge in [0.15, 0.2) is 5.82 Å². The van der Waals surface area contributed by atoms with Gasteiger partial charge in [0.25, 0.3) is 0 Å².